The van der Waals surface area contributed by atoms with Crippen LogP contribution in [-0.2, 0) is 5.60 Å². The van der Waals surface area contributed by atoms with Crippen LogP contribution in [0.2, 0.25) is 0 Å². The van der Waals surface area contributed by atoms with Gasteiger partial charge in [-0.2, -0.15) is 9.55 Å². The van der Waals surface area contributed by atoms with E-state index in [-0.39, 0.29) is 11.9 Å². The van der Waals surface area contributed by atoms with Crippen molar-refractivity contribution in [3.05, 3.63) is 114 Å². The fraction of sp³-hybridized carbons (Fsp3) is 0.160. The van der Waals surface area contributed by atoms with Gasteiger partial charge in [0.25, 0.3) is 0 Å². The highest BCUT2D eigenvalue weighted by Crippen LogP contribution is 2.46. The quantitative estimate of drug-likeness (QED) is 0.575. The molecule has 29 heavy (non-hydrogen) atoms. The number of aromatic nitrogens is 2. The predicted octanol–water partition coefficient (Wildman–Crippen LogP) is 4.23. The first-order chi connectivity index (χ1) is 14.1. The Bertz CT molecular complexity index is 1170. The van der Waals surface area contributed by atoms with Crippen LogP contribution in [0.1, 0.15) is 34.8 Å². The third-order valence-electron chi connectivity index (χ3n) is 5.82. The number of fused-ring (bicyclic) bond motifs is 1. The van der Waals surface area contributed by atoms with Crippen molar-refractivity contribution in [3.63, 3.8) is 0 Å². The summed E-state index contributed by atoms with van der Waals surface area (Å²) in [4.78, 5) is 4.11. The van der Waals surface area contributed by atoms with Gasteiger partial charge in [0.15, 0.2) is 5.60 Å². The Morgan fingerprint density at radius 1 is 1.03 bits per heavy atom. The van der Waals surface area contributed by atoms with Gasteiger partial charge in [-0.15, -0.1) is 0 Å². The second-order valence-corrected chi connectivity index (χ2v) is 7.66. The minimum absolute atomic E-state index is 0.272. The highest BCUT2D eigenvalue weighted by Gasteiger charge is 2.51. The lowest BCUT2D eigenvalue weighted by molar-refractivity contribution is -0.294. The molecule has 2 atom stereocenters. The van der Waals surface area contributed by atoms with Crippen LogP contribution in [0.25, 0.3) is 11.1 Å². The Morgan fingerprint density at radius 3 is 2.48 bits per heavy atom. The lowest BCUT2D eigenvalue weighted by Crippen LogP contribution is -2.24. The number of hydrogen-bond acceptors (Lipinski definition) is 1. The molecule has 0 spiro atoms. The van der Waals surface area contributed by atoms with E-state index < -0.39 is 5.60 Å². The van der Waals surface area contributed by atoms with Crippen LogP contribution < -0.4 is 4.98 Å². The van der Waals surface area contributed by atoms with E-state index in [1.165, 1.54) is 6.07 Å². The van der Waals surface area contributed by atoms with Gasteiger partial charge in [-0.1, -0.05) is 66.7 Å². The zero-order chi connectivity index (χ0) is 20.0. The van der Waals surface area contributed by atoms with E-state index >= 15 is 0 Å². The molecule has 4 aromatic rings. The fourth-order valence-corrected chi connectivity index (χ4v) is 4.27. The Hall–Kier alpha value is -3.42. The van der Waals surface area contributed by atoms with Crippen LogP contribution in [0, 0.1) is 19.1 Å². The second-order valence-electron chi connectivity index (χ2n) is 7.66. The maximum Gasteiger partial charge on any atom is 0.383 e. The topological polar surface area (TPSA) is 39.3 Å². The zero-order valence-electron chi connectivity index (χ0n) is 16.0. The van der Waals surface area contributed by atoms with E-state index in [2.05, 4.69) is 23.4 Å². The summed E-state index contributed by atoms with van der Waals surface area (Å²) in [7, 11) is 0. The molecule has 2 unspecified atom stereocenters. The van der Waals surface area contributed by atoms with Gasteiger partial charge in [0.1, 0.15) is 11.9 Å². The molecule has 3 aromatic carbocycles. The Labute approximate surface area is 169 Å². The SMILES string of the molecule is Cc1ccc(C2CC(O)(c3ccc(-c4ccccc4)cc3)c3c[n+]#cn32)c(F)c1. The molecule has 1 aromatic heterocycles. The molecule has 0 radical (unpaired) electrons. The first-order valence-electron chi connectivity index (χ1n) is 9.66. The number of hydrogen-bond donors (Lipinski definition) is 1. The van der Waals surface area contributed by atoms with Crippen LogP contribution in [0.5, 0.6) is 0 Å². The summed E-state index contributed by atoms with van der Waals surface area (Å²) in [5.74, 6) is -0.272. The largest absolute Gasteiger partial charge is 0.383 e. The molecule has 1 aliphatic rings. The average Bonchev–Trinajstić information content (AvgIpc) is 3.33. The Morgan fingerprint density at radius 2 is 1.76 bits per heavy atom. The summed E-state index contributed by atoms with van der Waals surface area (Å²) >= 11 is 0. The van der Waals surface area contributed by atoms with Crippen LogP contribution in [0.4, 0.5) is 4.39 Å². The summed E-state index contributed by atoms with van der Waals surface area (Å²) < 4.78 is 16.4. The van der Waals surface area contributed by atoms with E-state index in [0.29, 0.717) is 17.7 Å². The highest BCUT2D eigenvalue weighted by molar-refractivity contribution is 5.63. The zero-order valence-corrected chi connectivity index (χ0v) is 16.0. The van der Waals surface area contributed by atoms with Crippen molar-refractivity contribution >= 4 is 0 Å². The Balaban J connectivity index is 1.54. The monoisotopic (exact) mass is 383 g/mol. The van der Waals surface area contributed by atoms with Crippen molar-refractivity contribution in [3.8, 4) is 11.1 Å². The van der Waals surface area contributed by atoms with Crippen LogP contribution in [0.3, 0.4) is 0 Å². The summed E-state index contributed by atoms with van der Waals surface area (Å²) in [5, 5.41) is 11.6. The first kappa shape index (κ1) is 17.7. The van der Waals surface area contributed by atoms with Crippen molar-refractivity contribution in [2.45, 2.75) is 25.0 Å². The van der Waals surface area contributed by atoms with Crippen molar-refractivity contribution in [2.24, 2.45) is 0 Å². The van der Waals surface area contributed by atoms with Crippen molar-refractivity contribution < 1.29 is 14.5 Å². The minimum atomic E-state index is -1.25. The summed E-state index contributed by atoms with van der Waals surface area (Å²) in [5.41, 5.74) is 3.77. The third-order valence-corrected chi connectivity index (χ3v) is 5.82. The molecule has 0 aliphatic carbocycles. The molecule has 4 heteroatoms. The molecule has 1 aliphatic heterocycles. The molecular weight excluding hydrogens is 363 g/mol. The number of benzene rings is 3. The smallest absolute Gasteiger partial charge is 0.376 e. The highest BCUT2D eigenvalue weighted by atomic mass is 19.1. The van der Waals surface area contributed by atoms with Gasteiger partial charge < -0.3 is 5.11 Å². The van der Waals surface area contributed by atoms with Crippen LogP contribution in [-0.4, -0.2) is 9.67 Å². The summed E-state index contributed by atoms with van der Waals surface area (Å²) in [6.07, 6.45) is 4.87. The predicted molar refractivity (Wildman–Crippen MR) is 108 cm³/mol. The van der Waals surface area contributed by atoms with Gasteiger partial charge in [-0.25, -0.2) is 4.39 Å². The number of rotatable bonds is 3. The summed E-state index contributed by atoms with van der Waals surface area (Å²) in [6, 6.07) is 22.8. The van der Waals surface area contributed by atoms with Crippen LogP contribution >= 0.6 is 0 Å². The Kier molecular flexibility index (Phi) is 4.01. The average molecular weight is 383 g/mol. The van der Waals surface area contributed by atoms with Gasteiger partial charge in [-0.3, -0.25) is 0 Å². The number of halogens is 1. The number of nitrogens with zero attached hydrogens (tertiary/aromatic N) is 2. The minimum Gasteiger partial charge on any atom is -0.376 e. The van der Waals surface area contributed by atoms with Crippen molar-refractivity contribution in [2.75, 3.05) is 0 Å². The summed E-state index contributed by atoms with van der Waals surface area (Å²) in [6.45, 7) is 1.86. The van der Waals surface area contributed by atoms with Crippen molar-refractivity contribution in [1.29, 1.82) is 0 Å². The van der Waals surface area contributed by atoms with Gasteiger partial charge in [0, 0.05) is 12.0 Å². The van der Waals surface area contributed by atoms with Crippen LogP contribution in [0.15, 0.2) is 79.0 Å². The van der Waals surface area contributed by atoms with E-state index in [1.807, 2.05) is 55.5 Å². The molecule has 0 fully saturated rings. The lowest BCUT2D eigenvalue weighted by Gasteiger charge is -2.21. The molecule has 2 heterocycles. The normalized spacial score (nSPS) is 20.3. The molecule has 0 saturated heterocycles. The molecular formula is C25H20FN2O+. The maximum absolute atomic E-state index is 14.7. The molecule has 3 nitrogen and oxygen atoms in total. The van der Waals surface area contributed by atoms with E-state index in [1.54, 1.807) is 16.8 Å². The number of aliphatic hydroxyl groups is 1. The molecule has 142 valence electrons. The standard InChI is InChI=1S/C25H20FN2O/c1-17-7-12-21(22(26)13-17)23-14-25(29,24-15-27-16-28(23)24)20-10-8-19(9-11-20)18-5-3-2-4-6-18/h2-13,15,23,29H,14H2,1H3/q+1. The van der Waals surface area contributed by atoms with Gasteiger partial charge >= 0.3 is 6.33 Å². The fourth-order valence-electron chi connectivity index (χ4n) is 4.27. The lowest BCUT2D eigenvalue weighted by atomic mass is 9.86. The van der Waals surface area contributed by atoms with E-state index in [9.17, 15) is 9.50 Å². The van der Waals surface area contributed by atoms with Gasteiger partial charge in [0.2, 0.25) is 11.9 Å². The molecule has 5 rings (SSSR count). The third kappa shape index (κ3) is 2.83. The molecule has 0 amide bonds. The van der Waals surface area contributed by atoms with E-state index in [0.717, 1.165) is 22.3 Å². The van der Waals surface area contributed by atoms with Crippen molar-refractivity contribution in [1.82, 2.24) is 4.57 Å². The van der Waals surface area contributed by atoms with Gasteiger partial charge in [0.05, 0.1) is 0 Å². The maximum atomic E-state index is 14.7. The second kappa shape index (κ2) is 6.58. The van der Waals surface area contributed by atoms with Gasteiger partial charge in [-0.05, 0) is 35.2 Å². The molecule has 0 saturated carbocycles. The number of aryl methyl sites for hydroxylation is 1. The first-order valence-corrected chi connectivity index (χ1v) is 9.66. The molecule has 0 bridgehead atoms. The van der Waals surface area contributed by atoms with E-state index in [4.69, 9.17) is 0 Å². The molecule has 1 N–H and O–H groups in total.